The van der Waals surface area contributed by atoms with E-state index in [1.54, 1.807) is 12.1 Å². The highest BCUT2D eigenvalue weighted by Crippen LogP contribution is 2.31. The number of benzene rings is 2. The lowest BCUT2D eigenvalue weighted by atomic mass is 10.1. The number of fused-ring (bicyclic) bond motifs is 1. The van der Waals surface area contributed by atoms with Crippen molar-refractivity contribution in [3.63, 3.8) is 0 Å². The molecule has 0 unspecified atom stereocenters. The number of aromatic nitrogens is 3. The van der Waals surface area contributed by atoms with E-state index in [0.29, 0.717) is 22.8 Å². The lowest BCUT2D eigenvalue weighted by Crippen LogP contribution is -1.98. The molecule has 0 atom stereocenters. The number of aryl methyl sites for hydroxylation is 1. The number of para-hydroxylation sites is 1. The third kappa shape index (κ3) is 3.03. The minimum absolute atomic E-state index is 0.324. The Kier molecular flexibility index (Phi) is 4.01. The largest absolute Gasteiger partial charge is 0.250 e. The fraction of sp³-hybridized carbons (Fsp3) is 0.0500. The molecular weight excluding hydrogens is 381 g/mol. The van der Waals surface area contributed by atoms with Crippen LogP contribution < -0.4 is 0 Å². The van der Waals surface area contributed by atoms with E-state index < -0.39 is 0 Å². The Labute approximate surface area is 152 Å². The van der Waals surface area contributed by atoms with Gasteiger partial charge in [-0.1, -0.05) is 40.2 Å². The SMILES string of the molecule is Cc1cccc(-c2nc(-c3cc(Br)ccc3F)c3ccccc3n2)n1. The fourth-order valence-electron chi connectivity index (χ4n) is 2.74. The molecule has 5 heteroatoms. The minimum Gasteiger partial charge on any atom is -0.250 e. The molecule has 0 amide bonds. The molecule has 25 heavy (non-hydrogen) atoms. The maximum Gasteiger partial charge on any atom is 0.179 e. The molecule has 0 aliphatic rings. The Bertz CT molecular complexity index is 1100. The number of rotatable bonds is 2. The summed E-state index contributed by atoms with van der Waals surface area (Å²) in [5, 5.41) is 0.802. The van der Waals surface area contributed by atoms with Gasteiger partial charge in [-0.25, -0.2) is 19.3 Å². The first kappa shape index (κ1) is 15.8. The van der Waals surface area contributed by atoms with Gasteiger partial charge in [-0.05, 0) is 43.3 Å². The monoisotopic (exact) mass is 393 g/mol. The highest BCUT2D eigenvalue weighted by Gasteiger charge is 2.15. The van der Waals surface area contributed by atoms with Crippen LogP contribution in [0.3, 0.4) is 0 Å². The molecule has 0 radical (unpaired) electrons. The van der Waals surface area contributed by atoms with Crippen molar-refractivity contribution in [2.24, 2.45) is 0 Å². The standard InChI is InChI=1S/C20H13BrFN3/c1-12-5-4-8-18(23-12)20-24-17-7-3-2-6-14(17)19(25-20)15-11-13(21)9-10-16(15)22/h2-11H,1H3. The molecule has 2 heterocycles. The number of hydrogen-bond acceptors (Lipinski definition) is 3. The van der Waals surface area contributed by atoms with E-state index >= 15 is 0 Å². The number of hydrogen-bond donors (Lipinski definition) is 0. The summed E-state index contributed by atoms with van der Waals surface area (Å²) in [6.07, 6.45) is 0. The van der Waals surface area contributed by atoms with Crippen molar-refractivity contribution in [1.29, 1.82) is 0 Å². The molecule has 4 rings (SSSR count). The summed E-state index contributed by atoms with van der Waals surface area (Å²) in [6, 6.07) is 18.1. The van der Waals surface area contributed by atoms with Gasteiger partial charge in [0, 0.05) is 21.1 Å². The van der Waals surface area contributed by atoms with Crippen molar-refractivity contribution in [1.82, 2.24) is 15.0 Å². The van der Waals surface area contributed by atoms with E-state index in [0.717, 1.165) is 21.1 Å². The van der Waals surface area contributed by atoms with Crippen molar-refractivity contribution in [3.05, 3.63) is 76.6 Å². The van der Waals surface area contributed by atoms with E-state index in [9.17, 15) is 4.39 Å². The lowest BCUT2D eigenvalue weighted by Gasteiger charge is -2.10. The number of nitrogens with zero attached hydrogens (tertiary/aromatic N) is 3. The predicted molar refractivity (Wildman–Crippen MR) is 101 cm³/mol. The molecule has 122 valence electrons. The van der Waals surface area contributed by atoms with Gasteiger partial charge in [-0.15, -0.1) is 0 Å². The van der Waals surface area contributed by atoms with Crippen molar-refractivity contribution in [3.8, 4) is 22.8 Å². The summed E-state index contributed by atoms with van der Waals surface area (Å²) in [5.74, 6) is 0.159. The van der Waals surface area contributed by atoms with E-state index in [4.69, 9.17) is 0 Å². The molecule has 0 spiro atoms. The Morgan fingerprint density at radius 3 is 2.56 bits per heavy atom. The van der Waals surface area contributed by atoms with E-state index in [1.807, 2.05) is 49.4 Å². The van der Waals surface area contributed by atoms with Crippen LogP contribution in [0.1, 0.15) is 5.69 Å². The van der Waals surface area contributed by atoms with Crippen LogP contribution in [0.4, 0.5) is 4.39 Å². The second-order valence-corrected chi connectivity index (χ2v) is 6.62. The molecule has 0 aliphatic heterocycles. The van der Waals surface area contributed by atoms with E-state index in [2.05, 4.69) is 30.9 Å². The summed E-state index contributed by atoms with van der Waals surface area (Å²) >= 11 is 3.41. The van der Waals surface area contributed by atoms with Crippen LogP contribution in [0, 0.1) is 12.7 Å². The zero-order chi connectivity index (χ0) is 17.4. The summed E-state index contributed by atoms with van der Waals surface area (Å²) in [7, 11) is 0. The summed E-state index contributed by atoms with van der Waals surface area (Å²) in [6.45, 7) is 1.92. The highest BCUT2D eigenvalue weighted by molar-refractivity contribution is 9.10. The Hall–Kier alpha value is -2.66. The molecule has 3 nitrogen and oxygen atoms in total. The second kappa shape index (κ2) is 6.33. The minimum atomic E-state index is -0.324. The van der Waals surface area contributed by atoms with Gasteiger partial charge < -0.3 is 0 Å². The van der Waals surface area contributed by atoms with Crippen LogP contribution in [0.25, 0.3) is 33.7 Å². The number of halogens is 2. The topological polar surface area (TPSA) is 38.7 Å². The summed E-state index contributed by atoms with van der Waals surface area (Å²) in [4.78, 5) is 13.8. The van der Waals surface area contributed by atoms with Crippen molar-refractivity contribution < 1.29 is 4.39 Å². The van der Waals surface area contributed by atoms with Crippen LogP contribution in [0.5, 0.6) is 0 Å². The molecule has 0 aliphatic carbocycles. The second-order valence-electron chi connectivity index (χ2n) is 5.70. The maximum atomic E-state index is 14.5. The molecule has 4 aromatic rings. The lowest BCUT2D eigenvalue weighted by molar-refractivity contribution is 0.630. The Morgan fingerprint density at radius 2 is 1.72 bits per heavy atom. The first-order valence-electron chi connectivity index (χ1n) is 7.78. The first-order valence-corrected chi connectivity index (χ1v) is 8.57. The predicted octanol–water partition coefficient (Wildman–Crippen LogP) is 5.57. The Balaban J connectivity index is 2.04. The molecule has 0 N–H and O–H groups in total. The van der Waals surface area contributed by atoms with Crippen molar-refractivity contribution in [2.45, 2.75) is 6.92 Å². The third-order valence-electron chi connectivity index (χ3n) is 3.90. The van der Waals surface area contributed by atoms with Gasteiger partial charge in [0.25, 0.3) is 0 Å². The third-order valence-corrected chi connectivity index (χ3v) is 4.40. The molecular formula is C20H13BrFN3. The van der Waals surface area contributed by atoms with Gasteiger partial charge in [-0.3, -0.25) is 0 Å². The van der Waals surface area contributed by atoms with Gasteiger partial charge in [-0.2, -0.15) is 0 Å². The van der Waals surface area contributed by atoms with Gasteiger partial charge in [0.2, 0.25) is 0 Å². The van der Waals surface area contributed by atoms with Crippen molar-refractivity contribution >= 4 is 26.8 Å². The first-order chi connectivity index (χ1) is 12.1. The van der Waals surface area contributed by atoms with E-state index in [1.165, 1.54) is 6.07 Å². The smallest absolute Gasteiger partial charge is 0.179 e. The van der Waals surface area contributed by atoms with Crippen LogP contribution in [0.15, 0.2) is 65.1 Å². The molecule has 0 saturated heterocycles. The van der Waals surface area contributed by atoms with Gasteiger partial charge >= 0.3 is 0 Å². The van der Waals surface area contributed by atoms with Crippen LogP contribution >= 0.6 is 15.9 Å². The number of pyridine rings is 1. The van der Waals surface area contributed by atoms with Gasteiger partial charge in [0.1, 0.15) is 11.5 Å². The zero-order valence-corrected chi connectivity index (χ0v) is 15.0. The average Bonchev–Trinajstić information content (AvgIpc) is 2.63. The fourth-order valence-corrected chi connectivity index (χ4v) is 3.10. The van der Waals surface area contributed by atoms with Gasteiger partial charge in [0.05, 0.1) is 11.2 Å². The summed E-state index contributed by atoms with van der Waals surface area (Å²) in [5.41, 5.74) is 3.29. The van der Waals surface area contributed by atoms with E-state index in [-0.39, 0.29) is 5.82 Å². The highest BCUT2D eigenvalue weighted by atomic mass is 79.9. The molecule has 2 aromatic heterocycles. The normalized spacial score (nSPS) is 11.0. The molecule has 0 fully saturated rings. The van der Waals surface area contributed by atoms with Gasteiger partial charge in [0.15, 0.2) is 5.82 Å². The van der Waals surface area contributed by atoms with Crippen LogP contribution in [-0.4, -0.2) is 15.0 Å². The van der Waals surface area contributed by atoms with Crippen molar-refractivity contribution in [2.75, 3.05) is 0 Å². The average molecular weight is 394 g/mol. The molecule has 0 bridgehead atoms. The molecule has 0 saturated carbocycles. The zero-order valence-electron chi connectivity index (χ0n) is 13.4. The summed E-state index contributed by atoms with van der Waals surface area (Å²) < 4.78 is 15.3. The maximum absolute atomic E-state index is 14.5. The Morgan fingerprint density at radius 1 is 0.880 bits per heavy atom. The van der Waals surface area contributed by atoms with Crippen LogP contribution in [0.2, 0.25) is 0 Å². The van der Waals surface area contributed by atoms with Crippen LogP contribution in [-0.2, 0) is 0 Å². The quantitative estimate of drug-likeness (QED) is 0.446. The molecule has 2 aromatic carbocycles.